The van der Waals surface area contributed by atoms with Crippen LogP contribution in [0, 0.1) is 12.7 Å². The Morgan fingerprint density at radius 2 is 2.05 bits per heavy atom. The molecular formula is C14H14FN3O. The number of nitrogens with one attached hydrogen (secondary N) is 2. The minimum atomic E-state index is -0.389. The normalized spacial score (nSPS) is 10.1. The summed E-state index contributed by atoms with van der Waals surface area (Å²) < 4.78 is 13.0. The molecule has 1 amide bonds. The Labute approximate surface area is 110 Å². The smallest absolute Gasteiger partial charge is 0.255 e. The van der Waals surface area contributed by atoms with Gasteiger partial charge in [-0.15, -0.1) is 0 Å². The summed E-state index contributed by atoms with van der Waals surface area (Å²) in [4.78, 5) is 16.3. The Hall–Kier alpha value is -2.43. The number of hydrogen-bond acceptors (Lipinski definition) is 3. The third kappa shape index (κ3) is 3.28. The van der Waals surface area contributed by atoms with E-state index in [4.69, 9.17) is 0 Å². The molecule has 1 heterocycles. The van der Waals surface area contributed by atoms with Crippen LogP contribution in [0.4, 0.5) is 15.9 Å². The van der Waals surface area contributed by atoms with Gasteiger partial charge in [0, 0.05) is 24.0 Å². The lowest BCUT2D eigenvalue weighted by atomic mass is 10.2. The third-order valence-corrected chi connectivity index (χ3v) is 2.55. The molecule has 0 radical (unpaired) electrons. The summed E-state index contributed by atoms with van der Waals surface area (Å²) in [5.41, 5.74) is 1.63. The zero-order valence-corrected chi connectivity index (χ0v) is 10.7. The molecule has 1 aromatic heterocycles. The first-order valence-corrected chi connectivity index (χ1v) is 5.82. The first-order chi connectivity index (χ1) is 9.08. The van der Waals surface area contributed by atoms with Crippen molar-refractivity contribution in [2.75, 3.05) is 17.7 Å². The van der Waals surface area contributed by atoms with E-state index in [2.05, 4.69) is 15.6 Å². The van der Waals surface area contributed by atoms with Crippen LogP contribution in [0.5, 0.6) is 0 Å². The first-order valence-electron chi connectivity index (χ1n) is 5.82. The van der Waals surface area contributed by atoms with Gasteiger partial charge in [-0.2, -0.15) is 0 Å². The molecule has 0 saturated heterocycles. The second-order valence-electron chi connectivity index (χ2n) is 4.10. The summed E-state index contributed by atoms with van der Waals surface area (Å²) >= 11 is 0. The Kier molecular flexibility index (Phi) is 3.75. The van der Waals surface area contributed by atoms with Crippen molar-refractivity contribution in [1.82, 2.24) is 4.98 Å². The van der Waals surface area contributed by atoms with Gasteiger partial charge in [0.1, 0.15) is 11.6 Å². The summed E-state index contributed by atoms with van der Waals surface area (Å²) in [5.74, 6) is -0.0726. The van der Waals surface area contributed by atoms with E-state index in [1.54, 1.807) is 38.2 Å². The van der Waals surface area contributed by atoms with Crippen LogP contribution in [-0.4, -0.2) is 17.9 Å². The van der Waals surface area contributed by atoms with E-state index in [-0.39, 0.29) is 11.7 Å². The molecule has 19 heavy (non-hydrogen) atoms. The maximum atomic E-state index is 13.0. The average molecular weight is 259 g/mol. The van der Waals surface area contributed by atoms with Gasteiger partial charge in [0.05, 0.1) is 0 Å². The highest BCUT2D eigenvalue weighted by Crippen LogP contribution is 2.14. The molecule has 0 aliphatic carbocycles. The zero-order chi connectivity index (χ0) is 13.8. The molecule has 2 rings (SSSR count). The number of aryl methyl sites for hydroxylation is 1. The fourth-order valence-electron chi connectivity index (χ4n) is 1.70. The quantitative estimate of drug-likeness (QED) is 0.891. The second-order valence-corrected chi connectivity index (χ2v) is 4.10. The molecule has 0 unspecified atom stereocenters. The van der Waals surface area contributed by atoms with Crippen molar-refractivity contribution >= 4 is 17.4 Å². The second kappa shape index (κ2) is 5.48. The Bertz CT molecular complexity index is 613. The van der Waals surface area contributed by atoms with Gasteiger partial charge in [-0.25, -0.2) is 9.37 Å². The number of rotatable bonds is 3. The highest BCUT2D eigenvalue weighted by atomic mass is 19.1. The van der Waals surface area contributed by atoms with Crippen LogP contribution in [-0.2, 0) is 0 Å². The van der Waals surface area contributed by atoms with Crippen molar-refractivity contribution in [3.63, 3.8) is 0 Å². The van der Waals surface area contributed by atoms with Crippen molar-refractivity contribution in [3.05, 3.63) is 53.5 Å². The Morgan fingerprint density at radius 3 is 2.74 bits per heavy atom. The number of amides is 1. The molecule has 5 heteroatoms. The molecule has 0 bridgehead atoms. The highest BCUT2D eigenvalue weighted by molar-refractivity contribution is 6.04. The molecule has 0 fully saturated rings. The largest absolute Gasteiger partial charge is 0.373 e. The van der Waals surface area contributed by atoms with E-state index in [1.807, 2.05) is 0 Å². The zero-order valence-electron chi connectivity index (χ0n) is 10.7. The molecular weight excluding hydrogens is 245 g/mol. The summed E-state index contributed by atoms with van der Waals surface area (Å²) in [6, 6.07) is 9.09. The summed E-state index contributed by atoms with van der Waals surface area (Å²) in [6.45, 7) is 1.81. The number of anilines is 2. The van der Waals surface area contributed by atoms with E-state index >= 15 is 0 Å². The number of nitrogens with zero attached hydrogens (tertiary/aromatic N) is 1. The Balaban J connectivity index is 2.22. The fourth-order valence-corrected chi connectivity index (χ4v) is 1.70. The molecule has 98 valence electrons. The van der Waals surface area contributed by atoms with Gasteiger partial charge in [-0.05, 0) is 37.3 Å². The lowest BCUT2D eigenvalue weighted by Gasteiger charge is -2.08. The van der Waals surface area contributed by atoms with Crippen LogP contribution >= 0.6 is 0 Å². The van der Waals surface area contributed by atoms with E-state index < -0.39 is 0 Å². The van der Waals surface area contributed by atoms with Gasteiger partial charge >= 0.3 is 0 Å². The van der Waals surface area contributed by atoms with Crippen molar-refractivity contribution < 1.29 is 9.18 Å². The number of carbonyl (C=O) groups excluding carboxylic acids is 1. The number of hydrogen-bond donors (Lipinski definition) is 2. The van der Waals surface area contributed by atoms with E-state index in [1.165, 1.54) is 12.1 Å². The minimum absolute atomic E-state index is 0.299. The predicted octanol–water partition coefficient (Wildman–Crippen LogP) is 2.82. The Morgan fingerprint density at radius 1 is 1.26 bits per heavy atom. The van der Waals surface area contributed by atoms with Crippen LogP contribution in [0.25, 0.3) is 0 Å². The van der Waals surface area contributed by atoms with Crippen LogP contribution in [0.2, 0.25) is 0 Å². The average Bonchev–Trinajstić information content (AvgIpc) is 2.38. The lowest BCUT2D eigenvalue weighted by Crippen LogP contribution is -2.13. The van der Waals surface area contributed by atoms with Crippen molar-refractivity contribution in [2.45, 2.75) is 6.92 Å². The van der Waals surface area contributed by atoms with E-state index in [0.717, 1.165) is 5.69 Å². The molecule has 0 aliphatic heterocycles. The number of halogens is 1. The maximum absolute atomic E-state index is 13.0. The molecule has 0 atom stereocenters. The predicted molar refractivity (Wildman–Crippen MR) is 72.9 cm³/mol. The van der Waals surface area contributed by atoms with Crippen LogP contribution in [0.3, 0.4) is 0 Å². The van der Waals surface area contributed by atoms with Gasteiger partial charge < -0.3 is 10.6 Å². The number of benzene rings is 1. The molecule has 1 aromatic carbocycles. The number of carbonyl (C=O) groups is 1. The van der Waals surface area contributed by atoms with Gasteiger partial charge in [0.25, 0.3) is 5.91 Å². The summed E-state index contributed by atoms with van der Waals surface area (Å²) in [7, 11) is 1.73. The van der Waals surface area contributed by atoms with Crippen LogP contribution < -0.4 is 10.6 Å². The number of pyridine rings is 1. The van der Waals surface area contributed by atoms with Crippen molar-refractivity contribution in [3.8, 4) is 0 Å². The summed E-state index contributed by atoms with van der Waals surface area (Å²) in [5, 5.41) is 5.53. The van der Waals surface area contributed by atoms with Crippen LogP contribution in [0.15, 0.2) is 36.4 Å². The molecule has 4 nitrogen and oxygen atoms in total. The molecule has 0 saturated carbocycles. The standard InChI is InChI=1S/C14H14FN3O/c1-9-6-10(7-13(16-2)17-9)14(19)18-12-5-3-4-11(15)8-12/h3-8H,1-2H3,(H,16,17)(H,18,19). The fraction of sp³-hybridized carbons (Fsp3) is 0.143. The highest BCUT2D eigenvalue weighted by Gasteiger charge is 2.09. The molecule has 2 aromatic rings. The minimum Gasteiger partial charge on any atom is -0.373 e. The maximum Gasteiger partial charge on any atom is 0.255 e. The molecule has 0 aliphatic rings. The molecule has 0 spiro atoms. The van der Waals surface area contributed by atoms with Crippen LogP contribution in [0.1, 0.15) is 16.1 Å². The van der Waals surface area contributed by atoms with E-state index in [9.17, 15) is 9.18 Å². The SMILES string of the molecule is CNc1cc(C(=O)Nc2cccc(F)c2)cc(C)n1. The third-order valence-electron chi connectivity index (χ3n) is 2.55. The topological polar surface area (TPSA) is 54.0 Å². The van der Waals surface area contributed by atoms with Crippen molar-refractivity contribution in [2.24, 2.45) is 0 Å². The van der Waals surface area contributed by atoms with Gasteiger partial charge in [-0.3, -0.25) is 4.79 Å². The van der Waals surface area contributed by atoms with Gasteiger partial charge in [0.2, 0.25) is 0 Å². The van der Waals surface area contributed by atoms with Gasteiger partial charge in [-0.1, -0.05) is 6.07 Å². The lowest BCUT2D eigenvalue weighted by molar-refractivity contribution is 0.102. The van der Waals surface area contributed by atoms with E-state index in [0.29, 0.717) is 17.1 Å². The first kappa shape index (κ1) is 13.0. The number of aromatic nitrogens is 1. The molecule has 2 N–H and O–H groups in total. The summed E-state index contributed by atoms with van der Waals surface area (Å²) in [6.07, 6.45) is 0. The van der Waals surface area contributed by atoms with Crippen molar-refractivity contribution in [1.29, 1.82) is 0 Å². The van der Waals surface area contributed by atoms with Gasteiger partial charge in [0.15, 0.2) is 0 Å². The monoisotopic (exact) mass is 259 g/mol.